The Kier molecular flexibility index (Phi) is 5.91. The van der Waals surface area contributed by atoms with E-state index < -0.39 is 0 Å². The Hall–Kier alpha value is -2.44. The summed E-state index contributed by atoms with van der Waals surface area (Å²) < 4.78 is 12.3. The Morgan fingerprint density at radius 1 is 1.22 bits per heavy atom. The zero-order chi connectivity index (χ0) is 22.1. The number of methoxy groups -OCH3 is 1. The Labute approximate surface area is 193 Å². The third-order valence-corrected chi connectivity index (χ3v) is 8.00. The van der Waals surface area contributed by atoms with E-state index in [0.717, 1.165) is 25.4 Å². The third-order valence-electron chi connectivity index (χ3n) is 8.00. The molecular weight excluding hydrogens is 394 g/mol. The second kappa shape index (κ2) is 8.83. The molecule has 32 heavy (non-hydrogen) atoms. The maximum absolute atomic E-state index is 6.54. The number of fused-ring (bicyclic) bond motifs is 3. The molecule has 1 heterocycles. The summed E-state index contributed by atoms with van der Waals surface area (Å²) in [6.07, 6.45) is 6.10. The van der Waals surface area contributed by atoms with Gasteiger partial charge in [0, 0.05) is 31.5 Å². The van der Waals surface area contributed by atoms with Crippen LogP contribution in [0.4, 0.5) is 5.69 Å². The highest BCUT2D eigenvalue weighted by Gasteiger charge is 2.44. The maximum Gasteiger partial charge on any atom is 0.142 e. The lowest BCUT2D eigenvalue weighted by Gasteiger charge is -2.45. The molecule has 0 unspecified atom stereocenters. The lowest BCUT2D eigenvalue weighted by atomic mass is 9.68. The van der Waals surface area contributed by atoms with E-state index in [2.05, 4.69) is 66.1 Å². The average molecular weight is 430 g/mol. The van der Waals surface area contributed by atoms with Gasteiger partial charge in [-0.25, -0.2) is 0 Å². The van der Waals surface area contributed by atoms with Gasteiger partial charge >= 0.3 is 0 Å². The van der Waals surface area contributed by atoms with Crippen molar-refractivity contribution < 1.29 is 9.47 Å². The molecule has 0 saturated heterocycles. The van der Waals surface area contributed by atoms with Gasteiger partial charge in [0.2, 0.25) is 0 Å². The molecule has 0 N–H and O–H groups in total. The minimum Gasteiger partial charge on any atom is -0.490 e. The quantitative estimate of drug-likeness (QED) is 0.596. The largest absolute Gasteiger partial charge is 0.490 e. The molecule has 0 bridgehead atoms. The second-order valence-electron chi connectivity index (χ2n) is 9.98. The number of ether oxygens (including phenoxy) is 2. The van der Waals surface area contributed by atoms with Crippen molar-refractivity contribution in [3.05, 3.63) is 59.2 Å². The third kappa shape index (κ3) is 3.80. The normalized spacial score (nSPS) is 27.2. The number of nitrogens with zero attached hydrogens (tertiary/aromatic N) is 1. The van der Waals surface area contributed by atoms with Crippen LogP contribution in [0.3, 0.4) is 0 Å². The molecule has 3 aliphatic rings. The molecule has 2 aromatic carbocycles. The number of hydrogen-bond donors (Lipinski definition) is 0. The molecule has 1 fully saturated rings. The number of hydrogen-bond acceptors (Lipinski definition) is 3. The first-order valence-corrected chi connectivity index (χ1v) is 12.2. The highest BCUT2D eigenvalue weighted by Crippen LogP contribution is 2.46. The molecule has 0 amide bonds. The molecule has 168 valence electrons. The van der Waals surface area contributed by atoms with Crippen molar-refractivity contribution >= 4 is 5.69 Å². The van der Waals surface area contributed by atoms with Gasteiger partial charge in [0.05, 0.1) is 12.3 Å². The van der Waals surface area contributed by atoms with E-state index in [0.29, 0.717) is 11.8 Å². The van der Waals surface area contributed by atoms with Crippen LogP contribution in [0.25, 0.3) is 0 Å². The van der Waals surface area contributed by atoms with Crippen molar-refractivity contribution in [2.45, 2.75) is 57.5 Å². The molecule has 2 aromatic rings. The monoisotopic (exact) mass is 429 g/mol. The average Bonchev–Trinajstić information content (AvgIpc) is 2.94. The van der Waals surface area contributed by atoms with Gasteiger partial charge in [0.1, 0.15) is 11.9 Å². The number of benzene rings is 2. The van der Waals surface area contributed by atoms with Crippen LogP contribution >= 0.6 is 0 Å². The summed E-state index contributed by atoms with van der Waals surface area (Å²) in [4.78, 5) is 2.63. The molecule has 3 nitrogen and oxygen atoms in total. The van der Waals surface area contributed by atoms with Crippen LogP contribution in [0.2, 0.25) is 0 Å². The predicted octanol–water partition coefficient (Wildman–Crippen LogP) is 5.53. The fraction of sp³-hybridized carbons (Fsp3) is 0.517. The Balaban J connectivity index is 1.48. The molecule has 4 atom stereocenters. The standard InChI is InChI=1S/C29H35NO2/c1-4-8-27(31-3)24-14-13-23(24)18-30-19-29(20-32-28-11-6-5-10-26(28)30)16-7-9-22-17-21(2)12-15-25(22)29/h5-6,10-12,15,17,23-24,27H,7,9,13-14,16,18-20H2,1-3H3/t23-,24+,27-,29-/m0/s1. The van der Waals surface area contributed by atoms with Crippen LogP contribution in [0, 0.1) is 30.6 Å². The highest BCUT2D eigenvalue weighted by atomic mass is 16.5. The smallest absolute Gasteiger partial charge is 0.142 e. The van der Waals surface area contributed by atoms with E-state index in [1.807, 2.05) is 6.92 Å². The van der Waals surface area contributed by atoms with Crippen molar-refractivity contribution in [1.82, 2.24) is 0 Å². The highest BCUT2D eigenvalue weighted by molar-refractivity contribution is 5.60. The van der Waals surface area contributed by atoms with Gasteiger partial charge in [0.25, 0.3) is 0 Å². The van der Waals surface area contributed by atoms with Crippen molar-refractivity contribution in [2.24, 2.45) is 11.8 Å². The van der Waals surface area contributed by atoms with Crippen LogP contribution in [-0.4, -0.2) is 32.9 Å². The Bertz CT molecular complexity index is 1030. The van der Waals surface area contributed by atoms with Gasteiger partial charge in [-0.3, -0.25) is 0 Å². The second-order valence-corrected chi connectivity index (χ2v) is 9.98. The van der Waals surface area contributed by atoms with E-state index in [1.165, 1.54) is 54.5 Å². The van der Waals surface area contributed by atoms with Gasteiger partial charge < -0.3 is 14.4 Å². The van der Waals surface area contributed by atoms with E-state index in [4.69, 9.17) is 9.47 Å². The zero-order valence-electron chi connectivity index (χ0n) is 19.7. The van der Waals surface area contributed by atoms with Crippen LogP contribution in [0.15, 0.2) is 42.5 Å². The van der Waals surface area contributed by atoms with Crippen molar-refractivity contribution in [2.75, 3.05) is 31.7 Å². The Morgan fingerprint density at radius 2 is 2.09 bits per heavy atom. The molecule has 0 aromatic heterocycles. The summed E-state index contributed by atoms with van der Waals surface area (Å²) in [7, 11) is 1.80. The number of para-hydroxylation sites is 2. The van der Waals surface area contributed by atoms with Crippen LogP contribution in [0.5, 0.6) is 5.75 Å². The number of anilines is 1. The molecule has 5 rings (SSSR count). The van der Waals surface area contributed by atoms with Crippen LogP contribution in [0.1, 0.15) is 49.3 Å². The maximum atomic E-state index is 6.54. The molecule has 0 radical (unpaired) electrons. The first kappa shape index (κ1) is 21.4. The first-order valence-electron chi connectivity index (χ1n) is 12.2. The lowest BCUT2D eigenvalue weighted by molar-refractivity contribution is 0.0191. The van der Waals surface area contributed by atoms with E-state index >= 15 is 0 Å². The zero-order valence-corrected chi connectivity index (χ0v) is 19.7. The van der Waals surface area contributed by atoms with Gasteiger partial charge in [-0.15, -0.1) is 5.92 Å². The van der Waals surface area contributed by atoms with Crippen molar-refractivity contribution in [3.63, 3.8) is 0 Å². The van der Waals surface area contributed by atoms with E-state index in [1.54, 1.807) is 7.11 Å². The summed E-state index contributed by atoms with van der Waals surface area (Å²) in [6.45, 7) is 6.93. The molecule has 3 heteroatoms. The topological polar surface area (TPSA) is 21.7 Å². The van der Waals surface area contributed by atoms with Gasteiger partial charge in [-0.05, 0) is 75.1 Å². The van der Waals surface area contributed by atoms with Gasteiger partial charge in [-0.2, -0.15) is 0 Å². The summed E-state index contributed by atoms with van der Waals surface area (Å²) in [6, 6.07) is 15.7. The van der Waals surface area contributed by atoms with Gasteiger partial charge in [-0.1, -0.05) is 41.8 Å². The van der Waals surface area contributed by atoms with E-state index in [-0.39, 0.29) is 11.5 Å². The molecule has 1 spiro atoms. The fourth-order valence-electron chi connectivity index (χ4n) is 6.21. The van der Waals surface area contributed by atoms with Crippen molar-refractivity contribution in [1.29, 1.82) is 0 Å². The fourth-order valence-corrected chi connectivity index (χ4v) is 6.21. The molecular formula is C29H35NO2. The SMILES string of the molecule is CC#C[C@H](OC)[C@@H]1CC[C@H]1CN1C[C@@]2(CCCc3cc(C)ccc32)COc2ccccc21. The first-order chi connectivity index (χ1) is 15.6. The molecule has 2 aliphatic carbocycles. The summed E-state index contributed by atoms with van der Waals surface area (Å²) >= 11 is 0. The van der Waals surface area contributed by atoms with Crippen molar-refractivity contribution in [3.8, 4) is 17.6 Å². The summed E-state index contributed by atoms with van der Waals surface area (Å²) in [5, 5.41) is 0. The summed E-state index contributed by atoms with van der Waals surface area (Å²) in [5.41, 5.74) is 5.66. The van der Waals surface area contributed by atoms with Crippen LogP contribution in [-0.2, 0) is 16.6 Å². The Morgan fingerprint density at radius 3 is 2.88 bits per heavy atom. The molecule has 1 saturated carbocycles. The summed E-state index contributed by atoms with van der Waals surface area (Å²) in [5.74, 6) is 8.50. The minimum atomic E-state index is 0.0451. The number of rotatable bonds is 4. The van der Waals surface area contributed by atoms with Gasteiger partial charge in [0.15, 0.2) is 0 Å². The molecule has 1 aliphatic heterocycles. The lowest BCUT2D eigenvalue weighted by Crippen LogP contribution is -2.49. The van der Waals surface area contributed by atoms with Crippen LogP contribution < -0.4 is 9.64 Å². The van der Waals surface area contributed by atoms with E-state index in [9.17, 15) is 0 Å². The minimum absolute atomic E-state index is 0.0451. The predicted molar refractivity (Wildman–Crippen MR) is 130 cm³/mol. The number of aryl methyl sites for hydroxylation is 2.